The highest BCUT2D eigenvalue weighted by Gasteiger charge is 2.41. The Hall–Kier alpha value is -1.95. The summed E-state index contributed by atoms with van der Waals surface area (Å²) < 4.78 is 33.5. The number of aliphatic hydroxyl groups excluding tert-OH is 1. The number of ether oxygens (including phenoxy) is 1. The Balaban J connectivity index is 1.68. The van der Waals surface area contributed by atoms with Gasteiger partial charge in [-0.2, -0.15) is 5.10 Å². The van der Waals surface area contributed by atoms with Crippen LogP contribution in [0.1, 0.15) is 36.3 Å². The lowest BCUT2D eigenvalue weighted by atomic mass is 9.81. The Morgan fingerprint density at radius 2 is 2.09 bits per heavy atom. The minimum absolute atomic E-state index is 0.182. The second-order valence-corrected chi connectivity index (χ2v) is 6.09. The predicted octanol–water partition coefficient (Wildman–Crippen LogP) is 3.20. The summed E-state index contributed by atoms with van der Waals surface area (Å²) in [6.07, 6.45) is 2.11. The molecule has 23 heavy (non-hydrogen) atoms. The summed E-state index contributed by atoms with van der Waals surface area (Å²) in [6.45, 7) is 0.586. The summed E-state index contributed by atoms with van der Waals surface area (Å²) in [7, 11) is 1.62. The molecule has 0 spiro atoms. The molecule has 2 aromatic rings. The van der Waals surface area contributed by atoms with E-state index in [0.717, 1.165) is 16.9 Å². The van der Waals surface area contributed by atoms with Gasteiger partial charge in [0.05, 0.1) is 26.0 Å². The lowest BCUT2D eigenvalue weighted by molar-refractivity contribution is -0.0839. The fourth-order valence-corrected chi connectivity index (χ4v) is 3.07. The van der Waals surface area contributed by atoms with E-state index in [9.17, 15) is 13.9 Å². The number of rotatable bonds is 4. The van der Waals surface area contributed by atoms with Crippen LogP contribution in [0.4, 0.5) is 8.78 Å². The van der Waals surface area contributed by atoms with Crippen molar-refractivity contribution in [2.45, 2.75) is 43.8 Å². The van der Waals surface area contributed by atoms with Crippen molar-refractivity contribution in [3.63, 3.8) is 0 Å². The van der Waals surface area contributed by atoms with Gasteiger partial charge in [0, 0.05) is 25.0 Å². The number of benzene rings is 1. The molecule has 1 aliphatic carbocycles. The largest absolute Gasteiger partial charge is 0.497 e. The smallest absolute Gasteiger partial charge is 0.250 e. The number of alkyl halides is 2. The van der Waals surface area contributed by atoms with Crippen LogP contribution in [0.5, 0.6) is 5.75 Å². The van der Waals surface area contributed by atoms with E-state index in [1.54, 1.807) is 18.0 Å². The average molecular weight is 322 g/mol. The summed E-state index contributed by atoms with van der Waals surface area (Å²) in [5, 5.41) is 14.3. The van der Waals surface area contributed by atoms with Crippen molar-refractivity contribution in [1.82, 2.24) is 9.78 Å². The standard InChI is InChI=1S/C17H20F2N2O2/c1-23-14-4-2-12(3-5-14)10-21-11-13(9-20-21)15-6-7-17(18,19)8-16(15)22/h2-5,9,11,15-16,22H,6-8,10H2,1H3/t15-,16?/m1/s1. The van der Waals surface area contributed by atoms with Crippen LogP contribution in [-0.4, -0.2) is 34.0 Å². The molecular formula is C17H20F2N2O2. The van der Waals surface area contributed by atoms with Gasteiger partial charge < -0.3 is 9.84 Å². The maximum absolute atomic E-state index is 13.3. The molecule has 0 saturated heterocycles. The van der Waals surface area contributed by atoms with Crippen molar-refractivity contribution in [3.8, 4) is 5.75 Å². The summed E-state index contributed by atoms with van der Waals surface area (Å²) in [6, 6.07) is 7.67. The van der Waals surface area contributed by atoms with E-state index in [1.807, 2.05) is 30.5 Å². The zero-order valence-corrected chi connectivity index (χ0v) is 13.0. The van der Waals surface area contributed by atoms with Gasteiger partial charge in [0.1, 0.15) is 5.75 Å². The molecule has 6 heteroatoms. The Kier molecular flexibility index (Phi) is 4.35. The van der Waals surface area contributed by atoms with Crippen molar-refractivity contribution in [2.75, 3.05) is 7.11 Å². The number of aliphatic hydroxyl groups is 1. The highest BCUT2D eigenvalue weighted by molar-refractivity contribution is 5.27. The van der Waals surface area contributed by atoms with Crippen LogP contribution in [0.2, 0.25) is 0 Å². The van der Waals surface area contributed by atoms with Crippen LogP contribution in [0.25, 0.3) is 0 Å². The molecule has 1 aromatic carbocycles. The maximum Gasteiger partial charge on any atom is 0.250 e. The highest BCUT2D eigenvalue weighted by Crippen LogP contribution is 2.40. The summed E-state index contributed by atoms with van der Waals surface area (Å²) in [5.41, 5.74) is 1.89. The molecule has 1 unspecified atom stereocenters. The van der Waals surface area contributed by atoms with Crippen LogP contribution in [0.3, 0.4) is 0 Å². The van der Waals surface area contributed by atoms with Gasteiger partial charge in [-0.25, -0.2) is 8.78 Å². The first-order valence-electron chi connectivity index (χ1n) is 7.68. The molecule has 1 saturated carbocycles. The predicted molar refractivity (Wildman–Crippen MR) is 81.9 cm³/mol. The molecule has 4 nitrogen and oxygen atoms in total. The van der Waals surface area contributed by atoms with Gasteiger partial charge >= 0.3 is 0 Å². The van der Waals surface area contributed by atoms with Crippen molar-refractivity contribution in [2.24, 2.45) is 0 Å². The molecule has 2 atom stereocenters. The second-order valence-electron chi connectivity index (χ2n) is 6.09. The molecule has 3 rings (SSSR count). The second kappa shape index (κ2) is 6.28. The number of hydrogen-bond acceptors (Lipinski definition) is 3. The number of nitrogens with zero attached hydrogens (tertiary/aromatic N) is 2. The van der Waals surface area contributed by atoms with Gasteiger partial charge in [0.25, 0.3) is 5.92 Å². The van der Waals surface area contributed by atoms with Gasteiger partial charge in [-0.1, -0.05) is 12.1 Å². The molecule has 1 aromatic heterocycles. The van der Waals surface area contributed by atoms with Crippen LogP contribution >= 0.6 is 0 Å². The molecule has 0 amide bonds. The first-order valence-corrected chi connectivity index (χ1v) is 7.68. The van der Waals surface area contributed by atoms with Crippen molar-refractivity contribution < 1.29 is 18.6 Å². The third kappa shape index (κ3) is 3.69. The van der Waals surface area contributed by atoms with E-state index in [-0.39, 0.29) is 18.8 Å². The van der Waals surface area contributed by atoms with E-state index in [2.05, 4.69) is 5.10 Å². The van der Waals surface area contributed by atoms with Crippen LogP contribution < -0.4 is 4.74 Å². The number of aromatic nitrogens is 2. The van der Waals surface area contributed by atoms with Gasteiger partial charge in [-0.3, -0.25) is 4.68 Å². The number of methoxy groups -OCH3 is 1. The summed E-state index contributed by atoms with van der Waals surface area (Å²) in [5.74, 6) is -2.23. The average Bonchev–Trinajstić information content (AvgIpc) is 2.95. The zero-order chi connectivity index (χ0) is 16.4. The van der Waals surface area contributed by atoms with Crippen molar-refractivity contribution >= 4 is 0 Å². The minimum Gasteiger partial charge on any atom is -0.497 e. The Morgan fingerprint density at radius 1 is 1.35 bits per heavy atom. The SMILES string of the molecule is COc1ccc(Cn2cc([C@H]3CCC(F)(F)CC3O)cn2)cc1. The van der Waals surface area contributed by atoms with E-state index in [1.165, 1.54) is 0 Å². The first kappa shape index (κ1) is 15.9. The third-order valence-electron chi connectivity index (χ3n) is 4.38. The minimum atomic E-state index is -2.75. The van der Waals surface area contributed by atoms with Crippen LogP contribution in [-0.2, 0) is 6.54 Å². The van der Waals surface area contributed by atoms with Gasteiger partial charge in [-0.05, 0) is 29.7 Å². The molecule has 1 fully saturated rings. The van der Waals surface area contributed by atoms with Crippen LogP contribution in [0, 0.1) is 0 Å². The Morgan fingerprint density at radius 3 is 2.74 bits per heavy atom. The van der Waals surface area contributed by atoms with E-state index >= 15 is 0 Å². The van der Waals surface area contributed by atoms with Crippen molar-refractivity contribution in [1.29, 1.82) is 0 Å². The molecule has 1 N–H and O–H groups in total. The topological polar surface area (TPSA) is 47.3 Å². The van der Waals surface area contributed by atoms with E-state index < -0.39 is 18.4 Å². The molecule has 0 aliphatic heterocycles. The lowest BCUT2D eigenvalue weighted by Crippen LogP contribution is -2.34. The van der Waals surface area contributed by atoms with E-state index in [4.69, 9.17) is 4.74 Å². The van der Waals surface area contributed by atoms with E-state index in [0.29, 0.717) is 6.54 Å². The fourth-order valence-electron chi connectivity index (χ4n) is 3.07. The van der Waals surface area contributed by atoms with Gasteiger partial charge in [0.2, 0.25) is 0 Å². The fraction of sp³-hybridized carbons (Fsp3) is 0.471. The lowest BCUT2D eigenvalue weighted by Gasteiger charge is -2.32. The maximum atomic E-state index is 13.3. The normalized spacial score (nSPS) is 23.7. The molecule has 0 radical (unpaired) electrons. The molecule has 1 aliphatic rings. The Bertz CT molecular complexity index is 655. The molecule has 0 bridgehead atoms. The molecule has 1 heterocycles. The number of hydrogen-bond donors (Lipinski definition) is 1. The van der Waals surface area contributed by atoms with Gasteiger partial charge in [0.15, 0.2) is 0 Å². The van der Waals surface area contributed by atoms with Crippen LogP contribution in [0.15, 0.2) is 36.7 Å². The number of halogens is 2. The molecular weight excluding hydrogens is 302 g/mol. The zero-order valence-electron chi connectivity index (χ0n) is 13.0. The van der Waals surface area contributed by atoms with Crippen molar-refractivity contribution in [3.05, 3.63) is 47.8 Å². The first-order chi connectivity index (χ1) is 11.0. The summed E-state index contributed by atoms with van der Waals surface area (Å²) >= 11 is 0. The highest BCUT2D eigenvalue weighted by atomic mass is 19.3. The third-order valence-corrected chi connectivity index (χ3v) is 4.38. The van der Waals surface area contributed by atoms with Gasteiger partial charge in [-0.15, -0.1) is 0 Å². The Labute approximate surface area is 133 Å². The monoisotopic (exact) mass is 322 g/mol. The summed E-state index contributed by atoms with van der Waals surface area (Å²) in [4.78, 5) is 0. The molecule has 124 valence electrons. The quantitative estimate of drug-likeness (QED) is 0.940.